The van der Waals surface area contributed by atoms with Crippen molar-refractivity contribution >= 4 is 267 Å². The van der Waals surface area contributed by atoms with Gasteiger partial charge in [0.2, 0.25) is 5.95 Å². The Kier molecular flexibility index (Phi) is 15.9. The van der Waals surface area contributed by atoms with E-state index in [0.29, 0.717) is 17.4 Å². The summed E-state index contributed by atoms with van der Waals surface area (Å²) in [6.45, 7) is 0. The van der Waals surface area contributed by atoms with Crippen LogP contribution >= 0.6 is 0 Å². The first kappa shape index (κ1) is 78.2. The van der Waals surface area contributed by atoms with Crippen LogP contribution in [0.1, 0.15) is 0 Å². The molecular weight excluding hydrogens is 1770 g/mol. The topological polar surface area (TPSA) is 110 Å². The van der Waals surface area contributed by atoms with E-state index < -0.39 is 0 Å². The summed E-state index contributed by atoms with van der Waals surface area (Å²) < 4.78 is 16.9. The Morgan fingerprint density at radius 3 is 1.08 bits per heavy atom. The van der Waals surface area contributed by atoms with Gasteiger partial charge in [-0.3, -0.25) is 9.13 Å². The molecule has 0 amide bonds. The molecule has 14 aromatic heterocycles. The van der Waals surface area contributed by atoms with Gasteiger partial charge in [-0.25, -0.2) is 24.9 Å². The van der Waals surface area contributed by atoms with E-state index in [4.69, 9.17) is 24.9 Å². The number of hydrogen-bond donors (Lipinski definition) is 0. The average Bonchev–Trinajstić information content (AvgIpc) is 1.52. The molecule has 0 unspecified atom stereocenters. The van der Waals surface area contributed by atoms with Gasteiger partial charge in [-0.15, -0.1) is 0 Å². The molecule has 0 saturated heterocycles. The zero-order valence-corrected chi connectivity index (χ0v) is 77.6. The molecule has 0 bridgehead atoms. The lowest BCUT2D eigenvalue weighted by Crippen LogP contribution is -2.01. The van der Waals surface area contributed by atoms with Gasteiger partial charge in [0.25, 0.3) is 0 Å². The first-order valence-electron chi connectivity index (χ1n) is 49.5. The summed E-state index contributed by atoms with van der Waals surface area (Å²) in [6, 6.07) is 158. The number of benzene rings is 21. The Morgan fingerprint density at radius 2 is 0.566 bits per heavy atom. The zero-order chi connectivity index (χ0) is 94.2. The lowest BCUT2D eigenvalue weighted by atomic mass is 10.00. The van der Waals surface area contributed by atoms with Crippen LogP contribution in [0, 0.1) is 0 Å². The van der Waals surface area contributed by atoms with Gasteiger partial charge in [-0.2, -0.15) is 4.98 Å². The second-order valence-corrected chi connectivity index (χ2v) is 38.7. The van der Waals surface area contributed by atoms with Crippen LogP contribution in [0.25, 0.3) is 312 Å². The summed E-state index contributed by atoms with van der Waals surface area (Å²) >= 11 is 0. The second-order valence-electron chi connectivity index (χ2n) is 38.7. The molecule has 21 aromatic carbocycles. The third kappa shape index (κ3) is 10.8. The predicted molar refractivity (Wildman–Crippen MR) is 603 cm³/mol. The summed E-state index contributed by atoms with van der Waals surface area (Å²) in [5, 5.41) is 37.1. The van der Waals surface area contributed by atoms with Crippen molar-refractivity contribution in [3.63, 3.8) is 0 Å². The van der Waals surface area contributed by atoms with Crippen molar-refractivity contribution in [3.8, 4) is 45.7 Å². The molecule has 0 spiro atoms. The highest BCUT2D eigenvalue weighted by molar-refractivity contribution is 6.41. The fraction of sp³-hybridized carbons (Fsp3) is 0. The van der Waals surface area contributed by atoms with Crippen LogP contribution in [0.4, 0.5) is 0 Å². The Balaban J connectivity index is 0.0000000966. The van der Waals surface area contributed by atoms with Crippen LogP contribution in [0.3, 0.4) is 0 Å². The highest BCUT2D eigenvalue weighted by Crippen LogP contribution is 2.54. The smallest absolute Gasteiger partial charge is 0.236 e. The van der Waals surface area contributed by atoms with Crippen molar-refractivity contribution in [3.05, 3.63) is 455 Å². The predicted octanol–water partition coefficient (Wildman–Crippen LogP) is 33.5. The van der Waals surface area contributed by atoms with E-state index in [1.54, 1.807) is 6.20 Å². The molecular formula is C132H75N13. The monoisotopic (exact) mass is 1840 g/mol. The van der Waals surface area contributed by atoms with Crippen molar-refractivity contribution in [2.75, 3.05) is 0 Å². The van der Waals surface area contributed by atoms with Crippen LogP contribution < -0.4 is 0 Å². The molecule has 13 heteroatoms. The Labute approximate surface area is 823 Å². The first-order valence-corrected chi connectivity index (χ1v) is 49.5. The third-order valence-electron chi connectivity index (χ3n) is 31.3. The van der Waals surface area contributed by atoms with Gasteiger partial charge >= 0.3 is 0 Å². The van der Waals surface area contributed by atoms with Crippen molar-refractivity contribution in [1.82, 2.24) is 61.4 Å². The van der Waals surface area contributed by atoms with Gasteiger partial charge in [0.1, 0.15) is 5.65 Å². The average molecular weight is 1840 g/mol. The Morgan fingerprint density at radius 1 is 0.179 bits per heavy atom. The summed E-state index contributed by atoms with van der Waals surface area (Å²) in [6.07, 6.45) is 5.71. The van der Waals surface area contributed by atoms with Crippen molar-refractivity contribution in [2.45, 2.75) is 0 Å². The van der Waals surface area contributed by atoms with Crippen molar-refractivity contribution in [2.24, 2.45) is 0 Å². The fourth-order valence-corrected chi connectivity index (χ4v) is 25.3. The van der Waals surface area contributed by atoms with Gasteiger partial charge in [0.15, 0.2) is 11.5 Å². The summed E-state index contributed by atoms with van der Waals surface area (Å²) in [5.74, 6) is 1.34. The maximum Gasteiger partial charge on any atom is 0.236 e. The van der Waals surface area contributed by atoms with Gasteiger partial charge in [-0.05, 0) is 154 Å². The minimum atomic E-state index is 0.629. The number of rotatable bonds is 6. The summed E-state index contributed by atoms with van der Waals surface area (Å²) in [4.78, 5) is 29.9. The van der Waals surface area contributed by atoms with Gasteiger partial charge < -0.3 is 22.3 Å². The van der Waals surface area contributed by atoms with Crippen LogP contribution in [0.2, 0.25) is 0 Å². The molecule has 0 radical (unpaired) electrons. The van der Waals surface area contributed by atoms with Crippen molar-refractivity contribution in [1.29, 1.82) is 0 Å². The number of fused-ring (bicyclic) bond motifs is 42. The molecule has 35 aromatic rings. The summed E-state index contributed by atoms with van der Waals surface area (Å²) in [7, 11) is 0. The van der Waals surface area contributed by atoms with E-state index >= 15 is 0 Å². The molecule has 0 aliphatic heterocycles. The van der Waals surface area contributed by atoms with Crippen LogP contribution in [0.5, 0.6) is 0 Å². The molecule has 0 saturated carbocycles. The third-order valence-corrected chi connectivity index (χ3v) is 31.3. The number of hydrogen-bond acceptors (Lipinski definition) is 6. The largest absolute Gasteiger partial charge is 0.309 e. The maximum atomic E-state index is 5.25. The molecule has 0 aliphatic rings. The fourth-order valence-electron chi connectivity index (χ4n) is 25.3. The standard InChI is InChI=1S/C52H30N4.C45H26N4.C35H19N5/c1-2-13-34-29-35(22-21-31(34)11-1)49-39-16-5-8-18-43(39)53-52(54-49)33-23-26-36(27-24-33)55-45-20-10-7-17-40(45)47-46(55)30-42-38-15-6-9-19-44(38)56-50-37-14-4-3-12-32(37)25-28-41(50)48(47)51(42)56;1-2-13-28(14-3-1)48-37-19-9-7-17-32(37)36-24-29(26-46-45(36)48)47-39-21-11-8-18-33(39)41-40(47)25-35-31-16-6-10-20-38(31)49-43-30-15-5-4-12-27(30)22-23-34(43)42(41)44(35)49;1-2-10-22-20(8-1)15-16-25-31-30-24-12-4-6-14-28(24)39(35-37-19-21-9-7-17-36-34(21)38-35)29(30)18-26-23-11-3-5-13-27(23)40(32(22)25)33(26)31/h1-30H;1-26H;1-19H. The van der Waals surface area contributed by atoms with E-state index in [0.717, 1.165) is 77.8 Å². The normalized spacial score (nSPS) is 12.4. The van der Waals surface area contributed by atoms with Crippen LogP contribution in [-0.2, 0) is 0 Å². The minimum Gasteiger partial charge on any atom is -0.309 e. The maximum absolute atomic E-state index is 5.25. The number of nitrogens with zero attached hydrogens (tertiary/aromatic N) is 13. The molecule has 13 nitrogen and oxygen atoms in total. The summed E-state index contributed by atoms with van der Waals surface area (Å²) in [5.41, 5.74) is 28.3. The molecule has 145 heavy (non-hydrogen) atoms. The number of aromatic nitrogens is 13. The quantitative estimate of drug-likeness (QED) is 0.164. The van der Waals surface area contributed by atoms with E-state index in [9.17, 15) is 0 Å². The molecule has 668 valence electrons. The lowest BCUT2D eigenvalue weighted by Gasteiger charge is -2.12. The van der Waals surface area contributed by atoms with Gasteiger partial charge in [-0.1, -0.05) is 309 Å². The van der Waals surface area contributed by atoms with Gasteiger partial charge in [0, 0.05) is 170 Å². The number of para-hydroxylation sites is 9. The zero-order valence-electron chi connectivity index (χ0n) is 77.6. The van der Waals surface area contributed by atoms with E-state index in [-0.39, 0.29) is 0 Å². The number of pyridine rings is 2. The second kappa shape index (κ2) is 29.4. The highest BCUT2D eigenvalue weighted by Gasteiger charge is 2.32. The molecule has 0 N–H and O–H groups in total. The van der Waals surface area contributed by atoms with E-state index in [1.807, 2.05) is 18.3 Å². The SMILES string of the molecule is c1ccc(-n2c3ccccc3c3cc(-n4c5ccccc5c5c6c7ccc8ccccc8c7n7c8ccccc8c(cc54)c67)cnc32)cc1.c1ccc2cc(-c3nc(-c4ccc(-n5c6ccccc6c6c7c8ccc9ccccc9c8n8c9ccccc9c(cc65)c78)cc4)nc4ccccc34)ccc2c1.c1cnc2nc(-n3c4ccccc4c4c5c6ccc7ccccc7c6n6c7ccccc7c(cc43)c56)ncc2c1. The molecule has 14 heterocycles. The minimum absolute atomic E-state index is 0.629. The molecule has 0 aliphatic carbocycles. The van der Waals surface area contributed by atoms with Gasteiger partial charge in [0.05, 0.1) is 111 Å². The first-order chi connectivity index (χ1) is 72.0. The van der Waals surface area contributed by atoms with Crippen LogP contribution in [0.15, 0.2) is 455 Å². The molecule has 0 fully saturated rings. The van der Waals surface area contributed by atoms with Crippen molar-refractivity contribution < 1.29 is 0 Å². The Bertz CT molecular complexity index is 11800. The highest BCUT2D eigenvalue weighted by atomic mass is 15.2. The molecule has 35 rings (SSSR count). The Hall–Kier alpha value is -19.8. The van der Waals surface area contributed by atoms with E-state index in [1.165, 1.54) is 217 Å². The van der Waals surface area contributed by atoms with Crippen LogP contribution in [-0.4, -0.2) is 61.4 Å². The lowest BCUT2D eigenvalue weighted by molar-refractivity contribution is 1.00. The van der Waals surface area contributed by atoms with E-state index in [2.05, 4.69) is 467 Å². The molecule has 0 atom stereocenters.